The highest BCUT2D eigenvalue weighted by molar-refractivity contribution is 6.35. The number of nitrogens with two attached hydrogens (primary N) is 1. The van der Waals surface area contributed by atoms with Crippen molar-refractivity contribution in [3.8, 4) is 0 Å². The van der Waals surface area contributed by atoms with Gasteiger partial charge in [-0.05, 0) is 19.1 Å². The quantitative estimate of drug-likeness (QED) is 0.687. The molecule has 0 unspecified atom stereocenters. The summed E-state index contributed by atoms with van der Waals surface area (Å²) in [6.45, 7) is 1.80. The Kier molecular flexibility index (Phi) is 3.50. The van der Waals surface area contributed by atoms with Crippen molar-refractivity contribution in [3.63, 3.8) is 0 Å². The fourth-order valence-corrected chi connectivity index (χ4v) is 2.71. The molecule has 1 aromatic carbocycles. The van der Waals surface area contributed by atoms with Crippen LogP contribution in [0.25, 0.3) is 10.9 Å². The molecule has 2 aromatic heterocycles. The van der Waals surface area contributed by atoms with Gasteiger partial charge >= 0.3 is 0 Å². The summed E-state index contributed by atoms with van der Waals surface area (Å²) in [7, 11) is 1.81. The Bertz CT molecular complexity index is 852. The number of nitrogens with zero attached hydrogens (tertiary/aromatic N) is 3. The first-order chi connectivity index (χ1) is 10.5. The Balaban J connectivity index is 1.89. The van der Waals surface area contributed by atoms with Crippen LogP contribution in [0.2, 0.25) is 5.02 Å². The fraction of sp³-hybridized carbons (Fsp3) is 0.214. The predicted octanol–water partition coefficient (Wildman–Crippen LogP) is 2.02. The lowest BCUT2D eigenvalue weighted by Gasteiger charge is -2.11. The number of halogens is 1. The average Bonchev–Trinajstić information content (AvgIpc) is 3.04. The summed E-state index contributed by atoms with van der Waals surface area (Å²) in [5, 5.41) is 10.8. The van der Waals surface area contributed by atoms with E-state index in [9.17, 15) is 4.79 Å². The fourth-order valence-electron chi connectivity index (χ4n) is 2.41. The lowest BCUT2D eigenvalue weighted by atomic mass is 10.2. The number of aromatic nitrogens is 4. The first-order valence-corrected chi connectivity index (χ1v) is 7.07. The standard InChI is InChI=1S/C14H15ClN6O/c1-7(12-18-14(16)20-19-12)17-13(22)10-6-8-4-3-5-9(15)11(8)21(10)2/h3-7H,1-2H3,(H,17,22)(H3,16,18,19,20)/t7-/m0/s1. The summed E-state index contributed by atoms with van der Waals surface area (Å²) < 4.78 is 1.77. The number of carbonyl (C=O) groups excluding carboxylic acids is 1. The van der Waals surface area contributed by atoms with Crippen LogP contribution in [-0.2, 0) is 7.05 Å². The summed E-state index contributed by atoms with van der Waals surface area (Å²) in [4.78, 5) is 16.5. The maximum Gasteiger partial charge on any atom is 0.268 e. The van der Waals surface area contributed by atoms with Crippen LogP contribution in [0.15, 0.2) is 24.3 Å². The minimum absolute atomic E-state index is 0.146. The number of nitrogen functional groups attached to an aromatic ring is 1. The van der Waals surface area contributed by atoms with E-state index in [0.717, 1.165) is 10.9 Å². The lowest BCUT2D eigenvalue weighted by molar-refractivity contribution is 0.0930. The van der Waals surface area contributed by atoms with Gasteiger partial charge in [0, 0.05) is 12.4 Å². The SMILES string of the molecule is C[C@H](NC(=O)c1cc2cccc(Cl)c2n1C)c1nc(N)n[nH]1. The molecule has 114 valence electrons. The van der Waals surface area contributed by atoms with E-state index in [4.69, 9.17) is 17.3 Å². The van der Waals surface area contributed by atoms with Crippen LogP contribution in [-0.4, -0.2) is 25.7 Å². The molecule has 0 aliphatic rings. The molecule has 0 aliphatic heterocycles. The van der Waals surface area contributed by atoms with Crippen molar-refractivity contribution in [2.45, 2.75) is 13.0 Å². The van der Waals surface area contributed by atoms with E-state index >= 15 is 0 Å². The number of aromatic amines is 1. The minimum atomic E-state index is -0.342. The van der Waals surface area contributed by atoms with E-state index in [1.165, 1.54) is 0 Å². The molecule has 0 radical (unpaired) electrons. The summed E-state index contributed by atoms with van der Waals surface area (Å²) in [6.07, 6.45) is 0. The van der Waals surface area contributed by atoms with Gasteiger partial charge in [-0.15, -0.1) is 5.10 Å². The average molecular weight is 319 g/mol. The number of benzene rings is 1. The third kappa shape index (κ3) is 2.39. The zero-order valence-corrected chi connectivity index (χ0v) is 12.8. The number of H-pyrrole nitrogens is 1. The Morgan fingerprint density at radius 1 is 1.50 bits per heavy atom. The molecule has 1 atom stereocenters. The van der Waals surface area contributed by atoms with Gasteiger partial charge in [0.15, 0.2) is 0 Å². The van der Waals surface area contributed by atoms with Crippen LogP contribution >= 0.6 is 11.6 Å². The Morgan fingerprint density at radius 3 is 2.91 bits per heavy atom. The highest BCUT2D eigenvalue weighted by Gasteiger charge is 2.18. The predicted molar refractivity (Wildman–Crippen MR) is 84.6 cm³/mol. The van der Waals surface area contributed by atoms with Crippen molar-refractivity contribution >= 4 is 34.4 Å². The van der Waals surface area contributed by atoms with Crippen molar-refractivity contribution in [2.75, 3.05) is 5.73 Å². The number of para-hydroxylation sites is 1. The molecule has 22 heavy (non-hydrogen) atoms. The lowest BCUT2D eigenvalue weighted by Crippen LogP contribution is -2.28. The van der Waals surface area contributed by atoms with Gasteiger partial charge in [0.2, 0.25) is 5.95 Å². The normalized spacial score (nSPS) is 12.5. The molecular weight excluding hydrogens is 304 g/mol. The van der Waals surface area contributed by atoms with E-state index in [1.54, 1.807) is 30.7 Å². The molecule has 1 amide bonds. The Hall–Kier alpha value is -2.54. The van der Waals surface area contributed by atoms with Crippen molar-refractivity contribution in [1.82, 2.24) is 25.1 Å². The summed E-state index contributed by atoms with van der Waals surface area (Å²) in [5.74, 6) is 0.423. The number of aryl methyl sites for hydroxylation is 1. The van der Waals surface area contributed by atoms with E-state index < -0.39 is 0 Å². The molecule has 0 bridgehead atoms. The van der Waals surface area contributed by atoms with Crippen LogP contribution < -0.4 is 11.1 Å². The number of amides is 1. The second kappa shape index (κ2) is 5.34. The van der Waals surface area contributed by atoms with Gasteiger partial charge in [-0.1, -0.05) is 23.7 Å². The summed E-state index contributed by atoms with van der Waals surface area (Å²) in [6, 6.07) is 7.03. The van der Waals surface area contributed by atoms with Gasteiger partial charge < -0.3 is 15.6 Å². The van der Waals surface area contributed by atoms with Crippen LogP contribution in [0.1, 0.15) is 29.3 Å². The number of carbonyl (C=O) groups is 1. The number of anilines is 1. The molecule has 2 heterocycles. The molecule has 8 heteroatoms. The number of rotatable bonds is 3. The molecular formula is C14H15ClN6O. The van der Waals surface area contributed by atoms with Gasteiger partial charge in [0.1, 0.15) is 11.5 Å². The largest absolute Gasteiger partial charge is 0.367 e. The Labute approximate surface area is 131 Å². The van der Waals surface area contributed by atoms with Crippen LogP contribution in [0.5, 0.6) is 0 Å². The van der Waals surface area contributed by atoms with Crippen molar-refractivity contribution < 1.29 is 4.79 Å². The summed E-state index contributed by atoms with van der Waals surface area (Å²) in [5.41, 5.74) is 6.81. The molecule has 0 spiro atoms. The molecule has 0 saturated carbocycles. The van der Waals surface area contributed by atoms with Gasteiger partial charge in [0.25, 0.3) is 5.91 Å². The minimum Gasteiger partial charge on any atom is -0.367 e. The van der Waals surface area contributed by atoms with Crippen molar-refractivity contribution in [2.24, 2.45) is 7.05 Å². The van der Waals surface area contributed by atoms with E-state index in [2.05, 4.69) is 20.5 Å². The second-order valence-corrected chi connectivity index (χ2v) is 5.45. The zero-order valence-electron chi connectivity index (χ0n) is 12.1. The summed E-state index contributed by atoms with van der Waals surface area (Å²) >= 11 is 6.20. The second-order valence-electron chi connectivity index (χ2n) is 5.04. The maximum atomic E-state index is 12.5. The van der Waals surface area contributed by atoms with Gasteiger partial charge in [-0.25, -0.2) is 0 Å². The van der Waals surface area contributed by atoms with E-state index in [1.807, 2.05) is 12.1 Å². The monoisotopic (exact) mass is 318 g/mol. The molecule has 0 fully saturated rings. The first-order valence-electron chi connectivity index (χ1n) is 6.70. The maximum absolute atomic E-state index is 12.5. The molecule has 3 rings (SSSR count). The number of nitrogens with one attached hydrogen (secondary N) is 2. The molecule has 4 N–H and O–H groups in total. The van der Waals surface area contributed by atoms with Gasteiger partial charge in [-0.3, -0.25) is 9.89 Å². The highest BCUT2D eigenvalue weighted by atomic mass is 35.5. The van der Waals surface area contributed by atoms with E-state index in [-0.39, 0.29) is 17.9 Å². The molecule has 3 aromatic rings. The topological polar surface area (TPSA) is 102 Å². The van der Waals surface area contributed by atoms with Gasteiger partial charge in [-0.2, -0.15) is 4.98 Å². The third-order valence-corrected chi connectivity index (χ3v) is 3.82. The number of fused-ring (bicyclic) bond motifs is 1. The first kappa shape index (κ1) is 14.4. The van der Waals surface area contributed by atoms with Crippen molar-refractivity contribution in [3.05, 3.63) is 40.8 Å². The third-order valence-electron chi connectivity index (χ3n) is 3.52. The molecule has 0 saturated heterocycles. The van der Waals surface area contributed by atoms with Gasteiger partial charge in [0.05, 0.1) is 16.6 Å². The molecule has 0 aliphatic carbocycles. The highest BCUT2D eigenvalue weighted by Crippen LogP contribution is 2.26. The van der Waals surface area contributed by atoms with Crippen LogP contribution in [0, 0.1) is 0 Å². The molecule has 7 nitrogen and oxygen atoms in total. The van der Waals surface area contributed by atoms with Crippen molar-refractivity contribution in [1.29, 1.82) is 0 Å². The number of hydrogen-bond acceptors (Lipinski definition) is 4. The van der Waals surface area contributed by atoms with E-state index in [0.29, 0.717) is 16.5 Å². The smallest absolute Gasteiger partial charge is 0.268 e. The Morgan fingerprint density at radius 2 is 2.27 bits per heavy atom. The number of hydrogen-bond donors (Lipinski definition) is 3. The zero-order chi connectivity index (χ0) is 15.9. The van der Waals surface area contributed by atoms with Crippen LogP contribution in [0.3, 0.4) is 0 Å². The van der Waals surface area contributed by atoms with Crippen LogP contribution in [0.4, 0.5) is 5.95 Å².